The van der Waals surface area contributed by atoms with Crippen molar-refractivity contribution in [2.45, 2.75) is 0 Å². The van der Waals surface area contributed by atoms with Gasteiger partial charge in [0.2, 0.25) is 0 Å². The van der Waals surface area contributed by atoms with E-state index in [4.69, 9.17) is 0 Å². The molecule has 2 N–H and O–H groups in total. The third-order valence-electron chi connectivity index (χ3n) is 2.27. The normalized spacial score (nSPS) is 10.5. The number of aromatic hydroxyl groups is 1. The number of aromatic nitrogens is 1. The highest BCUT2D eigenvalue weighted by Crippen LogP contribution is 2.21. The number of hydrazone groups is 1. The first-order chi connectivity index (χ1) is 9.16. The zero-order chi connectivity index (χ0) is 13.7. The highest BCUT2D eigenvalue weighted by atomic mass is 16.6. The summed E-state index contributed by atoms with van der Waals surface area (Å²) in [6, 6.07) is 8.97. The third-order valence-corrected chi connectivity index (χ3v) is 2.27. The monoisotopic (exact) mass is 258 g/mol. The number of pyridine rings is 1. The summed E-state index contributed by atoms with van der Waals surface area (Å²) < 4.78 is 0. The largest absolute Gasteiger partial charge is 0.507 e. The van der Waals surface area contributed by atoms with Crippen LogP contribution < -0.4 is 5.43 Å². The fraction of sp³-hybridized carbons (Fsp3) is 0. The minimum atomic E-state index is -0.539. The van der Waals surface area contributed by atoms with Gasteiger partial charge < -0.3 is 5.11 Å². The van der Waals surface area contributed by atoms with E-state index < -0.39 is 4.92 Å². The number of hydrogen-bond acceptors (Lipinski definition) is 6. The summed E-state index contributed by atoms with van der Waals surface area (Å²) in [4.78, 5) is 14.1. The zero-order valence-corrected chi connectivity index (χ0v) is 9.72. The number of nitrogens with zero attached hydrogens (tertiary/aromatic N) is 3. The summed E-state index contributed by atoms with van der Waals surface area (Å²) in [5.74, 6) is 0.445. The van der Waals surface area contributed by atoms with Crippen LogP contribution in [0, 0.1) is 10.1 Å². The zero-order valence-electron chi connectivity index (χ0n) is 9.72. The summed E-state index contributed by atoms with van der Waals surface area (Å²) >= 11 is 0. The second-order valence-corrected chi connectivity index (χ2v) is 3.59. The van der Waals surface area contributed by atoms with Gasteiger partial charge in [-0.25, -0.2) is 4.98 Å². The first kappa shape index (κ1) is 12.5. The molecule has 0 spiro atoms. The Morgan fingerprint density at radius 1 is 1.37 bits per heavy atom. The molecule has 0 fully saturated rings. The van der Waals surface area contributed by atoms with Gasteiger partial charge in [-0.05, 0) is 18.2 Å². The molecule has 0 saturated heterocycles. The van der Waals surface area contributed by atoms with E-state index in [1.807, 2.05) is 0 Å². The molecule has 2 aromatic rings. The summed E-state index contributed by atoms with van der Waals surface area (Å²) in [6.07, 6.45) is 2.89. The maximum Gasteiger partial charge on any atom is 0.270 e. The number of non-ortho nitro benzene ring substituents is 1. The molecular weight excluding hydrogens is 248 g/mol. The Morgan fingerprint density at radius 2 is 2.21 bits per heavy atom. The average molecular weight is 258 g/mol. The van der Waals surface area contributed by atoms with Crippen molar-refractivity contribution in [3.8, 4) is 5.75 Å². The van der Waals surface area contributed by atoms with Gasteiger partial charge in [0.1, 0.15) is 11.6 Å². The molecular formula is C12H10N4O3. The molecule has 0 bridgehead atoms. The van der Waals surface area contributed by atoms with E-state index in [9.17, 15) is 15.2 Å². The predicted octanol–water partition coefficient (Wildman–Crippen LogP) is 2.14. The molecule has 0 unspecified atom stereocenters. The SMILES string of the molecule is O=[N+]([O-])c1ccc(O)c(/C=N/Nc2ccccn2)c1. The molecule has 0 amide bonds. The highest BCUT2D eigenvalue weighted by molar-refractivity contribution is 5.84. The number of nitro groups is 1. The summed E-state index contributed by atoms with van der Waals surface area (Å²) in [5, 5.41) is 24.0. The molecule has 0 atom stereocenters. The van der Waals surface area contributed by atoms with Crippen LogP contribution in [0.3, 0.4) is 0 Å². The maximum absolute atomic E-state index is 10.6. The number of rotatable bonds is 4. The molecule has 1 aromatic heterocycles. The Balaban J connectivity index is 2.14. The van der Waals surface area contributed by atoms with E-state index in [0.717, 1.165) is 0 Å². The number of phenols is 1. The molecule has 0 radical (unpaired) electrons. The molecule has 2 rings (SSSR count). The van der Waals surface area contributed by atoms with Gasteiger partial charge in [-0.2, -0.15) is 5.10 Å². The molecule has 0 aliphatic heterocycles. The molecule has 0 aliphatic rings. The lowest BCUT2D eigenvalue weighted by molar-refractivity contribution is -0.384. The molecule has 0 aliphatic carbocycles. The van der Waals surface area contributed by atoms with Crippen LogP contribution >= 0.6 is 0 Å². The Bertz CT molecular complexity index is 614. The molecule has 0 saturated carbocycles. The van der Waals surface area contributed by atoms with Crippen molar-refractivity contribution >= 4 is 17.7 Å². The van der Waals surface area contributed by atoms with E-state index in [2.05, 4.69) is 15.5 Å². The Hall–Kier alpha value is -2.96. The first-order valence-electron chi connectivity index (χ1n) is 5.34. The molecule has 96 valence electrons. The number of anilines is 1. The Morgan fingerprint density at radius 3 is 2.89 bits per heavy atom. The van der Waals surface area contributed by atoms with Gasteiger partial charge in [0.15, 0.2) is 0 Å². The van der Waals surface area contributed by atoms with Crippen molar-refractivity contribution in [2.75, 3.05) is 5.43 Å². The lowest BCUT2D eigenvalue weighted by Gasteiger charge is -2.00. The van der Waals surface area contributed by atoms with Crippen LogP contribution in [-0.4, -0.2) is 21.2 Å². The third kappa shape index (κ3) is 3.25. The number of nitrogens with one attached hydrogen (secondary N) is 1. The van der Waals surface area contributed by atoms with Gasteiger partial charge in [-0.3, -0.25) is 15.5 Å². The lowest BCUT2D eigenvalue weighted by atomic mass is 10.2. The van der Waals surface area contributed by atoms with Crippen molar-refractivity contribution < 1.29 is 10.0 Å². The fourth-order valence-corrected chi connectivity index (χ4v) is 1.36. The van der Waals surface area contributed by atoms with E-state index in [0.29, 0.717) is 5.82 Å². The van der Waals surface area contributed by atoms with Crippen LogP contribution in [0.25, 0.3) is 0 Å². The topological polar surface area (TPSA) is 101 Å². The second kappa shape index (κ2) is 5.58. The molecule has 7 heteroatoms. The number of nitro benzene ring substituents is 1. The smallest absolute Gasteiger partial charge is 0.270 e. The van der Waals surface area contributed by atoms with Crippen molar-refractivity contribution in [1.29, 1.82) is 0 Å². The molecule has 1 aromatic carbocycles. The van der Waals surface area contributed by atoms with Crippen LogP contribution in [0.1, 0.15) is 5.56 Å². The first-order valence-corrected chi connectivity index (χ1v) is 5.34. The Kier molecular flexibility index (Phi) is 3.67. The van der Waals surface area contributed by atoms with E-state index in [1.54, 1.807) is 24.4 Å². The van der Waals surface area contributed by atoms with Crippen molar-refractivity contribution in [2.24, 2.45) is 5.10 Å². The van der Waals surface area contributed by atoms with E-state index in [-0.39, 0.29) is 17.0 Å². The van der Waals surface area contributed by atoms with Crippen molar-refractivity contribution in [1.82, 2.24) is 4.98 Å². The van der Waals surface area contributed by atoms with Crippen LogP contribution in [0.4, 0.5) is 11.5 Å². The number of hydrogen-bond donors (Lipinski definition) is 2. The quantitative estimate of drug-likeness (QED) is 0.497. The van der Waals surface area contributed by atoms with Gasteiger partial charge in [-0.15, -0.1) is 0 Å². The van der Waals surface area contributed by atoms with Gasteiger partial charge in [0, 0.05) is 23.9 Å². The van der Waals surface area contributed by atoms with E-state index >= 15 is 0 Å². The van der Waals surface area contributed by atoms with Crippen LogP contribution in [0.2, 0.25) is 0 Å². The Labute approximate surface area is 108 Å². The number of phenolic OH excluding ortho intramolecular Hbond substituents is 1. The summed E-state index contributed by atoms with van der Waals surface area (Å²) in [7, 11) is 0. The van der Waals surface area contributed by atoms with Gasteiger partial charge in [-0.1, -0.05) is 6.07 Å². The average Bonchev–Trinajstić information content (AvgIpc) is 2.42. The molecule has 1 heterocycles. The molecule has 7 nitrogen and oxygen atoms in total. The van der Waals surface area contributed by atoms with Crippen LogP contribution in [0.5, 0.6) is 5.75 Å². The van der Waals surface area contributed by atoms with Crippen molar-refractivity contribution in [3.63, 3.8) is 0 Å². The fourth-order valence-electron chi connectivity index (χ4n) is 1.36. The minimum Gasteiger partial charge on any atom is -0.507 e. The summed E-state index contributed by atoms with van der Waals surface area (Å²) in [6.45, 7) is 0. The van der Waals surface area contributed by atoms with Gasteiger partial charge in [0.25, 0.3) is 5.69 Å². The maximum atomic E-state index is 10.6. The second-order valence-electron chi connectivity index (χ2n) is 3.59. The minimum absolute atomic E-state index is 0.0860. The lowest BCUT2D eigenvalue weighted by Crippen LogP contribution is -1.94. The summed E-state index contributed by atoms with van der Waals surface area (Å²) in [5.41, 5.74) is 2.78. The van der Waals surface area contributed by atoms with Gasteiger partial charge >= 0.3 is 0 Å². The van der Waals surface area contributed by atoms with Crippen LogP contribution in [0.15, 0.2) is 47.7 Å². The predicted molar refractivity (Wildman–Crippen MR) is 70.2 cm³/mol. The standard InChI is InChI=1S/C12H10N4O3/c17-11-5-4-10(16(18)19)7-9(11)8-14-15-12-3-1-2-6-13-12/h1-8,17H,(H,13,15)/b14-8+. The van der Waals surface area contributed by atoms with Crippen LogP contribution in [-0.2, 0) is 0 Å². The van der Waals surface area contributed by atoms with Gasteiger partial charge in [0.05, 0.1) is 11.1 Å². The molecule has 19 heavy (non-hydrogen) atoms. The van der Waals surface area contributed by atoms with Crippen molar-refractivity contribution in [3.05, 3.63) is 58.3 Å². The van der Waals surface area contributed by atoms with E-state index in [1.165, 1.54) is 24.4 Å². The highest BCUT2D eigenvalue weighted by Gasteiger charge is 2.08. The number of benzene rings is 1.